The van der Waals surface area contributed by atoms with Crippen LogP contribution in [0, 0.1) is 0 Å². The zero-order valence-corrected chi connectivity index (χ0v) is 12.4. The van der Waals surface area contributed by atoms with Gasteiger partial charge in [0.05, 0.1) is 5.66 Å². The van der Waals surface area contributed by atoms with Gasteiger partial charge in [0, 0.05) is 13.1 Å². The van der Waals surface area contributed by atoms with Crippen LogP contribution in [-0.2, 0) is 9.67 Å². The minimum absolute atomic E-state index is 0.192. The third-order valence-corrected chi connectivity index (χ3v) is 2.56. The van der Waals surface area contributed by atoms with Crippen LogP contribution in [0.1, 0.15) is 5.76 Å². The monoisotopic (exact) mass is 369 g/mol. The topological polar surface area (TPSA) is 78.7 Å². The van der Waals surface area contributed by atoms with E-state index in [9.17, 15) is 4.89 Å². The van der Waals surface area contributed by atoms with Crippen molar-refractivity contribution in [1.82, 2.24) is 5.32 Å². The van der Waals surface area contributed by atoms with E-state index in [0.717, 1.165) is 6.54 Å². The summed E-state index contributed by atoms with van der Waals surface area (Å²) >= 11 is 1.73. The molecule has 1 aromatic heterocycles. The molecule has 0 saturated heterocycles. The van der Waals surface area contributed by atoms with Crippen molar-refractivity contribution in [3.8, 4) is 5.75 Å². The fourth-order valence-electron chi connectivity index (χ4n) is 1.26. The predicted molar refractivity (Wildman–Crippen MR) is 74.3 cm³/mol. The molecule has 1 unspecified atom stereocenters. The molecule has 94 valence electrons. The lowest BCUT2D eigenvalue weighted by Gasteiger charge is -2.12. The Balaban J connectivity index is 2.83. The number of likely N-dealkylation sites (N-methyl/N-ethyl adjacent to an activating group) is 1. The predicted octanol–water partition coefficient (Wildman–Crippen LogP) is -0.181. The Morgan fingerprint density at radius 2 is 2.29 bits per heavy atom. The van der Waals surface area contributed by atoms with Crippen LogP contribution in [0.5, 0.6) is 5.75 Å². The van der Waals surface area contributed by atoms with Gasteiger partial charge in [-0.15, -0.1) is 0 Å². The van der Waals surface area contributed by atoms with Crippen molar-refractivity contribution in [1.29, 1.82) is 0 Å². The van der Waals surface area contributed by atoms with Crippen molar-refractivity contribution in [2.75, 3.05) is 25.5 Å². The molecule has 1 aromatic rings. The van der Waals surface area contributed by atoms with E-state index in [2.05, 4.69) is 10.6 Å². The molecule has 0 saturated carbocycles. The summed E-state index contributed by atoms with van der Waals surface area (Å²) in [7, 11) is 6.61. The van der Waals surface area contributed by atoms with Gasteiger partial charge in [-0.25, -0.2) is 0 Å². The summed E-state index contributed by atoms with van der Waals surface area (Å²) in [4.78, 5) is 10.6. The van der Waals surface area contributed by atoms with Crippen molar-refractivity contribution < 1.29 is 16.9 Å². The Labute approximate surface area is 117 Å². The van der Waals surface area contributed by atoms with E-state index in [4.69, 9.17) is 19.9 Å². The smallest absolute Gasteiger partial charge is 0.187 e. The molecule has 0 aliphatic rings. The van der Waals surface area contributed by atoms with E-state index < -0.39 is 9.03 Å². The second kappa shape index (κ2) is 8.15. The molecular formula is C8H12BIN2O4P-. The zero-order chi connectivity index (χ0) is 12.7. The molecule has 0 aliphatic heterocycles. The van der Waals surface area contributed by atoms with Crippen LogP contribution in [0.4, 0.5) is 5.69 Å². The van der Waals surface area contributed by atoms with Gasteiger partial charge in [-0.2, -0.15) is 0 Å². The highest BCUT2D eigenvalue weighted by molar-refractivity contribution is 14.1. The van der Waals surface area contributed by atoms with Crippen molar-refractivity contribution >= 4 is 51.2 Å². The molecule has 6 nitrogen and oxygen atoms in total. The number of furan rings is 1. The summed E-state index contributed by atoms with van der Waals surface area (Å²) in [5, 5.41) is 6.03. The lowest BCUT2D eigenvalue weighted by Crippen LogP contribution is -2.20. The first-order chi connectivity index (χ1) is 8.24. The fraction of sp³-hybridized carbons (Fsp3) is 0.500. The summed E-state index contributed by atoms with van der Waals surface area (Å²) in [5.74, 6) is 0.746. The molecule has 0 fully saturated rings. The zero-order valence-electron chi connectivity index (χ0n) is 9.21. The van der Waals surface area contributed by atoms with E-state index in [1.165, 1.54) is 0 Å². The standard InChI is InChI=1S/C8H12BIN2O4P/c1-11-2-3-12-6-7(16-17-13)5(4-14-10)15-8(6)9/h11-12,17H,2-4H2,1H3/q-1. The van der Waals surface area contributed by atoms with Gasteiger partial charge >= 0.3 is 0 Å². The van der Waals surface area contributed by atoms with Crippen molar-refractivity contribution in [3.63, 3.8) is 0 Å². The molecule has 0 aliphatic carbocycles. The summed E-state index contributed by atoms with van der Waals surface area (Å²) < 4.78 is 15.2. The molecule has 2 N–H and O–H groups in total. The molecule has 2 radical (unpaired) electrons. The second-order valence-electron chi connectivity index (χ2n) is 3.06. The molecule has 0 bridgehead atoms. The minimum Gasteiger partial charge on any atom is -0.801 e. The van der Waals surface area contributed by atoms with Crippen LogP contribution >= 0.6 is 32.0 Å². The van der Waals surface area contributed by atoms with Gasteiger partial charge in [0.15, 0.2) is 19.4 Å². The van der Waals surface area contributed by atoms with Crippen molar-refractivity contribution in [2.45, 2.75) is 6.61 Å². The highest BCUT2D eigenvalue weighted by Crippen LogP contribution is 2.32. The van der Waals surface area contributed by atoms with Gasteiger partial charge < -0.3 is 27.5 Å². The molecule has 1 heterocycles. The average molecular weight is 369 g/mol. The first kappa shape index (κ1) is 15.0. The number of anilines is 1. The van der Waals surface area contributed by atoms with Crippen LogP contribution in [0.25, 0.3) is 0 Å². The van der Waals surface area contributed by atoms with Gasteiger partial charge in [-0.05, 0) is 16.1 Å². The number of rotatable bonds is 8. The van der Waals surface area contributed by atoms with E-state index in [0.29, 0.717) is 23.7 Å². The fourth-order valence-corrected chi connectivity index (χ4v) is 1.84. The Bertz CT molecular complexity index is 353. The van der Waals surface area contributed by atoms with Gasteiger partial charge in [0.2, 0.25) is 0 Å². The average Bonchev–Trinajstić information content (AvgIpc) is 2.58. The van der Waals surface area contributed by atoms with Gasteiger partial charge in [-0.1, -0.05) is 0 Å². The number of hydrogen-bond donors (Lipinski definition) is 2. The first-order valence-corrected chi connectivity index (χ1v) is 6.51. The van der Waals surface area contributed by atoms with E-state index in [-0.39, 0.29) is 12.3 Å². The van der Waals surface area contributed by atoms with Gasteiger partial charge in [0.25, 0.3) is 0 Å². The van der Waals surface area contributed by atoms with E-state index >= 15 is 0 Å². The number of nitrogens with one attached hydrogen (secondary N) is 2. The molecule has 1 rings (SSSR count). The van der Waals surface area contributed by atoms with Crippen molar-refractivity contribution in [2.24, 2.45) is 0 Å². The van der Waals surface area contributed by atoms with Crippen molar-refractivity contribution in [3.05, 3.63) is 5.76 Å². The maximum atomic E-state index is 10.6. The van der Waals surface area contributed by atoms with Crippen LogP contribution < -0.4 is 25.7 Å². The quantitative estimate of drug-likeness (QED) is 0.287. The molecule has 9 heteroatoms. The first-order valence-electron chi connectivity index (χ1n) is 4.81. The van der Waals surface area contributed by atoms with Crippen LogP contribution in [-0.4, -0.2) is 28.0 Å². The third-order valence-electron chi connectivity index (χ3n) is 1.97. The largest absolute Gasteiger partial charge is 0.801 e. The normalized spacial score (nSPS) is 11.2. The number of halogens is 1. The maximum absolute atomic E-state index is 10.6. The second-order valence-corrected chi connectivity index (χ2v) is 4.06. The lowest BCUT2D eigenvalue weighted by molar-refractivity contribution is -0.163. The Morgan fingerprint density at radius 3 is 2.88 bits per heavy atom. The molecule has 0 amide bonds. The maximum Gasteiger partial charge on any atom is 0.187 e. The summed E-state index contributed by atoms with van der Waals surface area (Å²) in [6.07, 6.45) is 0. The van der Waals surface area contributed by atoms with E-state index in [1.54, 1.807) is 23.0 Å². The highest BCUT2D eigenvalue weighted by Gasteiger charge is 2.18. The molecule has 17 heavy (non-hydrogen) atoms. The van der Waals surface area contributed by atoms with Crippen LogP contribution in [0.3, 0.4) is 0 Å². The summed E-state index contributed by atoms with van der Waals surface area (Å²) in [5.41, 5.74) is 0.699. The third kappa shape index (κ3) is 4.29. The Hall–Kier alpha value is -0.0151. The SMILES string of the molecule is [B]c1oc(COI)c(OP[O-])c1NCCNC. The Kier molecular flexibility index (Phi) is 7.21. The Morgan fingerprint density at radius 1 is 1.53 bits per heavy atom. The van der Waals surface area contributed by atoms with Crippen LogP contribution in [0.15, 0.2) is 4.42 Å². The summed E-state index contributed by atoms with van der Waals surface area (Å²) in [6, 6.07) is 0. The van der Waals surface area contributed by atoms with Gasteiger partial charge in [-0.3, -0.25) is 0 Å². The summed E-state index contributed by atoms with van der Waals surface area (Å²) in [6.45, 7) is 1.59. The van der Waals surface area contributed by atoms with Gasteiger partial charge in [0.1, 0.15) is 35.3 Å². The molecule has 0 spiro atoms. The minimum atomic E-state index is -0.928. The lowest BCUT2D eigenvalue weighted by atomic mass is 10.0. The number of hydrogen-bond acceptors (Lipinski definition) is 6. The molecule has 1 atom stereocenters. The molecular weight excluding hydrogens is 357 g/mol. The van der Waals surface area contributed by atoms with Crippen LogP contribution in [0.2, 0.25) is 0 Å². The van der Waals surface area contributed by atoms with E-state index in [1.807, 2.05) is 7.05 Å². The highest BCUT2D eigenvalue weighted by atomic mass is 127. The molecule has 0 aromatic carbocycles.